The second-order valence-corrected chi connectivity index (χ2v) is 6.85. The summed E-state index contributed by atoms with van der Waals surface area (Å²) in [5, 5.41) is 3.67. The molecule has 24 heavy (non-hydrogen) atoms. The third kappa shape index (κ3) is 2.00. The molecular weight excluding hydrogens is 362 g/mol. The Morgan fingerprint density at radius 1 is 0.875 bits per heavy atom. The van der Waals surface area contributed by atoms with E-state index in [-0.39, 0.29) is 6.17 Å². The second-order valence-electron chi connectivity index (χ2n) is 5.94. The van der Waals surface area contributed by atoms with Crippen LogP contribution in [0.15, 0.2) is 77.3 Å². The number of fused-ring (bicyclic) bond motifs is 5. The number of hydrogen-bond donors (Lipinski definition) is 1. The molecule has 3 nitrogen and oxygen atoms in total. The molecule has 0 saturated carbocycles. The lowest BCUT2D eigenvalue weighted by molar-refractivity contribution is 0.669. The number of nitrogens with one attached hydrogen (secondary N) is 1. The van der Waals surface area contributed by atoms with Crippen molar-refractivity contribution in [3.05, 3.63) is 82.8 Å². The maximum Gasteiger partial charge on any atom is 0.145 e. The summed E-state index contributed by atoms with van der Waals surface area (Å²) in [4.78, 5) is 4.90. The Morgan fingerprint density at radius 3 is 2.50 bits per heavy atom. The van der Waals surface area contributed by atoms with Crippen LogP contribution in [0, 0.1) is 0 Å². The lowest BCUT2D eigenvalue weighted by Gasteiger charge is -2.30. The van der Waals surface area contributed by atoms with Crippen LogP contribution in [0.3, 0.4) is 0 Å². The highest BCUT2D eigenvalue weighted by Gasteiger charge is 2.27. The number of para-hydroxylation sites is 3. The first-order valence-electron chi connectivity index (χ1n) is 7.90. The highest BCUT2D eigenvalue weighted by atomic mass is 79.9. The van der Waals surface area contributed by atoms with Gasteiger partial charge in [-0.2, -0.15) is 0 Å². The van der Waals surface area contributed by atoms with E-state index in [1.54, 1.807) is 0 Å². The molecule has 3 aromatic carbocycles. The maximum atomic E-state index is 4.90. The van der Waals surface area contributed by atoms with Crippen LogP contribution >= 0.6 is 15.9 Å². The van der Waals surface area contributed by atoms with Crippen molar-refractivity contribution in [3.8, 4) is 11.4 Å². The summed E-state index contributed by atoms with van der Waals surface area (Å²) in [6.07, 6.45) is 0.0235. The van der Waals surface area contributed by atoms with Gasteiger partial charge >= 0.3 is 0 Å². The minimum Gasteiger partial charge on any atom is -0.361 e. The van der Waals surface area contributed by atoms with Crippen LogP contribution in [0.2, 0.25) is 0 Å². The largest absolute Gasteiger partial charge is 0.361 e. The van der Waals surface area contributed by atoms with Crippen molar-refractivity contribution in [2.75, 3.05) is 5.32 Å². The molecule has 5 rings (SSSR count). The van der Waals surface area contributed by atoms with E-state index < -0.39 is 0 Å². The summed E-state index contributed by atoms with van der Waals surface area (Å²) in [5.41, 5.74) is 5.63. The van der Waals surface area contributed by atoms with E-state index >= 15 is 0 Å². The van der Waals surface area contributed by atoms with Crippen LogP contribution in [0.25, 0.3) is 22.4 Å². The SMILES string of the molecule is Brc1ccc([C@H]2Nc3ccccc3-c3nc4ccccc4n32)cc1. The number of imidazole rings is 1. The number of anilines is 1. The van der Waals surface area contributed by atoms with Crippen LogP contribution in [-0.2, 0) is 0 Å². The lowest BCUT2D eigenvalue weighted by Crippen LogP contribution is -2.24. The van der Waals surface area contributed by atoms with Gasteiger partial charge in [-0.1, -0.05) is 52.3 Å². The average molecular weight is 376 g/mol. The molecule has 1 aromatic heterocycles. The summed E-state index contributed by atoms with van der Waals surface area (Å²) in [7, 11) is 0. The van der Waals surface area contributed by atoms with E-state index in [1.165, 1.54) is 5.56 Å². The van der Waals surface area contributed by atoms with Crippen molar-refractivity contribution < 1.29 is 0 Å². The molecule has 4 heteroatoms. The van der Waals surface area contributed by atoms with E-state index in [0.717, 1.165) is 32.6 Å². The van der Waals surface area contributed by atoms with Gasteiger partial charge in [-0.15, -0.1) is 0 Å². The molecule has 1 N–H and O–H groups in total. The summed E-state index contributed by atoms with van der Waals surface area (Å²) >= 11 is 3.52. The fraction of sp³-hybridized carbons (Fsp3) is 0.0500. The standard InChI is InChI=1S/C20H14BrN3/c21-14-11-9-13(10-12-14)19-22-16-6-2-1-5-15(16)20-23-17-7-3-4-8-18(17)24(19)20/h1-12,19,22H/t19-/m0/s1. The molecule has 0 fully saturated rings. The van der Waals surface area contributed by atoms with Crippen molar-refractivity contribution in [1.29, 1.82) is 0 Å². The van der Waals surface area contributed by atoms with E-state index in [4.69, 9.17) is 4.98 Å². The number of nitrogens with zero attached hydrogens (tertiary/aromatic N) is 2. The van der Waals surface area contributed by atoms with Crippen LogP contribution < -0.4 is 5.32 Å². The topological polar surface area (TPSA) is 29.9 Å². The van der Waals surface area contributed by atoms with Gasteiger partial charge in [0, 0.05) is 15.7 Å². The van der Waals surface area contributed by atoms with Gasteiger partial charge in [-0.3, -0.25) is 4.57 Å². The van der Waals surface area contributed by atoms with E-state index in [0.29, 0.717) is 0 Å². The van der Waals surface area contributed by atoms with Gasteiger partial charge in [-0.05, 0) is 42.0 Å². The van der Waals surface area contributed by atoms with Crippen LogP contribution in [0.1, 0.15) is 11.7 Å². The number of aromatic nitrogens is 2. The van der Waals surface area contributed by atoms with Crippen LogP contribution in [0.5, 0.6) is 0 Å². The number of halogens is 1. The third-order valence-electron chi connectivity index (χ3n) is 4.50. The summed E-state index contributed by atoms with van der Waals surface area (Å²) in [6, 6.07) is 25.1. The Kier molecular flexibility index (Phi) is 3.00. The molecule has 1 aliphatic heterocycles. The molecule has 0 spiro atoms. The van der Waals surface area contributed by atoms with Crippen molar-refractivity contribution >= 4 is 32.7 Å². The molecular formula is C20H14BrN3. The number of benzene rings is 3. The van der Waals surface area contributed by atoms with E-state index in [9.17, 15) is 0 Å². The van der Waals surface area contributed by atoms with Crippen molar-refractivity contribution in [2.45, 2.75) is 6.17 Å². The molecule has 4 aromatic rings. The highest BCUT2D eigenvalue weighted by Crippen LogP contribution is 2.40. The summed E-state index contributed by atoms with van der Waals surface area (Å²) in [5.74, 6) is 1.01. The monoisotopic (exact) mass is 375 g/mol. The fourth-order valence-electron chi connectivity index (χ4n) is 3.39. The summed E-state index contributed by atoms with van der Waals surface area (Å²) in [6.45, 7) is 0. The van der Waals surface area contributed by atoms with Gasteiger partial charge in [0.2, 0.25) is 0 Å². The molecule has 0 aliphatic carbocycles. The molecule has 116 valence electrons. The van der Waals surface area contributed by atoms with Gasteiger partial charge in [0.15, 0.2) is 0 Å². The Balaban J connectivity index is 1.81. The summed E-state index contributed by atoms with van der Waals surface area (Å²) < 4.78 is 3.37. The van der Waals surface area contributed by atoms with Crippen LogP contribution in [-0.4, -0.2) is 9.55 Å². The van der Waals surface area contributed by atoms with Gasteiger partial charge in [0.25, 0.3) is 0 Å². The quantitative estimate of drug-likeness (QED) is 0.480. The van der Waals surface area contributed by atoms with Crippen molar-refractivity contribution in [2.24, 2.45) is 0 Å². The first kappa shape index (κ1) is 13.8. The van der Waals surface area contributed by atoms with Gasteiger partial charge in [-0.25, -0.2) is 4.98 Å². The fourth-order valence-corrected chi connectivity index (χ4v) is 3.65. The zero-order valence-corrected chi connectivity index (χ0v) is 14.4. The molecule has 0 radical (unpaired) electrons. The Hall–Kier alpha value is -2.59. The van der Waals surface area contributed by atoms with E-state index in [2.05, 4.69) is 92.5 Å². The average Bonchev–Trinajstić information content (AvgIpc) is 3.02. The van der Waals surface area contributed by atoms with Gasteiger partial charge < -0.3 is 5.32 Å². The lowest BCUT2D eigenvalue weighted by atomic mass is 10.1. The number of rotatable bonds is 1. The zero-order valence-electron chi connectivity index (χ0n) is 12.8. The van der Waals surface area contributed by atoms with Gasteiger partial charge in [0.1, 0.15) is 12.0 Å². The van der Waals surface area contributed by atoms with Crippen LogP contribution in [0.4, 0.5) is 5.69 Å². The predicted molar refractivity (Wildman–Crippen MR) is 101 cm³/mol. The zero-order chi connectivity index (χ0) is 16.1. The Labute approximate surface area is 148 Å². The molecule has 0 saturated heterocycles. The highest BCUT2D eigenvalue weighted by molar-refractivity contribution is 9.10. The number of hydrogen-bond acceptors (Lipinski definition) is 2. The van der Waals surface area contributed by atoms with E-state index in [1.807, 2.05) is 6.07 Å². The van der Waals surface area contributed by atoms with Crippen molar-refractivity contribution in [1.82, 2.24) is 9.55 Å². The minimum atomic E-state index is 0.0235. The molecule has 0 bridgehead atoms. The first-order chi connectivity index (χ1) is 11.8. The minimum absolute atomic E-state index is 0.0235. The second kappa shape index (κ2) is 5.21. The molecule has 1 aliphatic rings. The van der Waals surface area contributed by atoms with Crippen molar-refractivity contribution in [3.63, 3.8) is 0 Å². The predicted octanol–water partition coefficient (Wildman–Crippen LogP) is 5.44. The Bertz CT molecular complexity index is 1050. The molecule has 0 unspecified atom stereocenters. The maximum absolute atomic E-state index is 4.90. The smallest absolute Gasteiger partial charge is 0.145 e. The third-order valence-corrected chi connectivity index (χ3v) is 5.03. The normalized spacial score (nSPS) is 15.6. The molecule has 2 heterocycles. The Morgan fingerprint density at radius 2 is 1.62 bits per heavy atom. The molecule has 0 amide bonds. The first-order valence-corrected chi connectivity index (χ1v) is 8.69. The van der Waals surface area contributed by atoms with Gasteiger partial charge in [0.05, 0.1) is 11.0 Å². The molecule has 1 atom stereocenters.